The predicted molar refractivity (Wildman–Crippen MR) is 60.3 cm³/mol. The van der Waals surface area contributed by atoms with E-state index in [4.69, 9.17) is 10.2 Å². The summed E-state index contributed by atoms with van der Waals surface area (Å²) in [5.41, 5.74) is -0.166. The average Bonchev–Trinajstić information content (AvgIpc) is 2.84. The number of aromatic nitrogens is 2. The molecule has 0 bridgehead atoms. The Morgan fingerprint density at radius 3 is 2.28 bits per heavy atom. The summed E-state index contributed by atoms with van der Waals surface area (Å²) in [7, 11) is -4.13. The number of carboxylic acid groups (broad SMARTS) is 1. The normalized spacial score (nSPS) is 10.9. The van der Waals surface area contributed by atoms with Crippen LogP contribution in [-0.4, -0.2) is 28.0 Å². The minimum Gasteiger partial charge on any atom is -1.00 e. The first-order valence-electron chi connectivity index (χ1n) is 4.52. The zero-order valence-corrected chi connectivity index (χ0v) is 12.3. The molecule has 0 aliphatic rings. The zero-order chi connectivity index (χ0) is 12.6. The van der Waals surface area contributed by atoms with Crippen LogP contribution in [0.25, 0.3) is 5.69 Å². The maximum atomic E-state index is 11.2. The summed E-state index contributed by atoms with van der Waals surface area (Å²) in [5, 5.41) is 14.0. The Kier molecular flexibility index (Phi) is 4.41. The van der Waals surface area contributed by atoms with E-state index in [1.807, 2.05) is 0 Å². The average molecular weight is 279 g/mol. The van der Waals surface area contributed by atoms with Crippen LogP contribution in [0.4, 0.5) is 0 Å². The summed E-state index contributed by atoms with van der Waals surface area (Å²) in [6.45, 7) is 0. The van der Waals surface area contributed by atoms with Crippen molar-refractivity contribution in [2.45, 2.75) is 0 Å². The number of nitrogens with two attached hydrogens (primary N) is 1. The minimum atomic E-state index is -4.13. The SMILES string of the molecule is NS(=O)(=O)n1ccc(-n2cccc2)c1C(=O)O.[H-].[Na+]. The Morgan fingerprint density at radius 2 is 1.83 bits per heavy atom. The molecule has 3 N–H and O–H groups in total. The molecule has 18 heavy (non-hydrogen) atoms. The molecule has 0 atom stereocenters. The van der Waals surface area contributed by atoms with Crippen molar-refractivity contribution in [2.75, 3.05) is 0 Å². The van der Waals surface area contributed by atoms with Gasteiger partial charge >= 0.3 is 45.7 Å². The number of carboxylic acids is 1. The molecule has 2 aromatic rings. The molecule has 0 saturated carbocycles. The van der Waals surface area contributed by atoms with Gasteiger partial charge in [0.25, 0.3) is 0 Å². The van der Waals surface area contributed by atoms with Gasteiger partial charge in [0.1, 0.15) is 0 Å². The molecule has 2 aromatic heterocycles. The number of aromatic carboxylic acids is 1. The monoisotopic (exact) mass is 279 g/mol. The third kappa shape index (κ3) is 2.68. The van der Waals surface area contributed by atoms with Gasteiger partial charge in [0.05, 0.1) is 5.69 Å². The largest absolute Gasteiger partial charge is 1.00 e. The second kappa shape index (κ2) is 5.29. The van der Waals surface area contributed by atoms with E-state index >= 15 is 0 Å². The van der Waals surface area contributed by atoms with Crippen LogP contribution < -0.4 is 34.7 Å². The van der Waals surface area contributed by atoms with Crippen molar-refractivity contribution < 1.29 is 49.3 Å². The second-order valence-corrected chi connectivity index (χ2v) is 4.71. The molecule has 0 aliphatic carbocycles. The Labute approximate surface area is 127 Å². The van der Waals surface area contributed by atoms with Crippen molar-refractivity contribution in [2.24, 2.45) is 5.14 Å². The standard InChI is InChI=1S/C9H9N3O4S.Na.H/c10-17(15,16)12-6-3-7(8(12)9(13)14)11-4-1-2-5-11;;/h1-6H,(H,13,14)(H2,10,15,16);;/q;+1;-1. The molecular formula is C9H10N3NaO4S. The van der Waals surface area contributed by atoms with Crippen molar-refractivity contribution in [3.8, 4) is 5.69 Å². The molecule has 0 amide bonds. The summed E-state index contributed by atoms with van der Waals surface area (Å²) >= 11 is 0. The van der Waals surface area contributed by atoms with Gasteiger partial charge in [-0.05, 0) is 18.2 Å². The second-order valence-electron chi connectivity index (χ2n) is 3.29. The molecule has 2 rings (SSSR count). The summed E-state index contributed by atoms with van der Waals surface area (Å²) in [6, 6.07) is 4.76. The Morgan fingerprint density at radius 1 is 1.28 bits per heavy atom. The number of nitrogens with zero attached hydrogens (tertiary/aromatic N) is 2. The van der Waals surface area contributed by atoms with E-state index in [-0.39, 0.29) is 36.7 Å². The van der Waals surface area contributed by atoms with Gasteiger partial charge in [0, 0.05) is 18.6 Å². The first kappa shape index (κ1) is 15.0. The Balaban J connectivity index is 0.00000162. The van der Waals surface area contributed by atoms with Gasteiger partial charge in [-0.1, -0.05) is 0 Å². The molecule has 0 fully saturated rings. The molecule has 0 radical (unpaired) electrons. The number of rotatable bonds is 3. The smallest absolute Gasteiger partial charge is 1.00 e. The van der Waals surface area contributed by atoms with Crippen molar-refractivity contribution in [3.63, 3.8) is 0 Å². The molecule has 92 valence electrons. The topological polar surface area (TPSA) is 107 Å². The van der Waals surface area contributed by atoms with Crippen molar-refractivity contribution in [1.82, 2.24) is 8.54 Å². The van der Waals surface area contributed by atoms with Crippen LogP contribution in [0.3, 0.4) is 0 Å². The molecule has 0 saturated heterocycles. The molecule has 0 unspecified atom stereocenters. The van der Waals surface area contributed by atoms with Gasteiger partial charge in [0.2, 0.25) is 0 Å². The van der Waals surface area contributed by atoms with Gasteiger partial charge in [0.15, 0.2) is 5.69 Å². The Bertz CT molecular complexity index is 666. The molecule has 9 heteroatoms. The third-order valence-electron chi connectivity index (χ3n) is 2.19. The van der Waals surface area contributed by atoms with E-state index in [0.717, 1.165) is 6.20 Å². The summed E-state index contributed by atoms with van der Waals surface area (Å²) in [5.74, 6) is -1.37. The van der Waals surface area contributed by atoms with E-state index in [1.165, 1.54) is 10.6 Å². The van der Waals surface area contributed by atoms with Crippen molar-refractivity contribution in [3.05, 3.63) is 42.5 Å². The quantitative estimate of drug-likeness (QED) is 0.589. The predicted octanol–water partition coefficient (Wildman–Crippen LogP) is -2.85. The van der Waals surface area contributed by atoms with Crippen LogP contribution >= 0.6 is 0 Å². The van der Waals surface area contributed by atoms with E-state index in [0.29, 0.717) is 3.97 Å². The van der Waals surface area contributed by atoms with Crippen LogP contribution in [0.1, 0.15) is 11.9 Å². The van der Waals surface area contributed by atoms with E-state index in [9.17, 15) is 13.2 Å². The zero-order valence-electron chi connectivity index (χ0n) is 10.5. The molecule has 0 spiro atoms. The molecule has 7 nitrogen and oxygen atoms in total. The first-order valence-corrected chi connectivity index (χ1v) is 6.03. The summed E-state index contributed by atoms with van der Waals surface area (Å²) < 4.78 is 24.4. The molecule has 0 aliphatic heterocycles. The molecule has 0 aromatic carbocycles. The number of carbonyl (C=O) groups is 1. The van der Waals surface area contributed by atoms with Gasteiger partial charge in [-0.3, -0.25) is 0 Å². The van der Waals surface area contributed by atoms with Gasteiger partial charge < -0.3 is 11.1 Å². The fourth-order valence-electron chi connectivity index (χ4n) is 1.52. The van der Waals surface area contributed by atoms with Crippen LogP contribution in [0, 0.1) is 0 Å². The van der Waals surface area contributed by atoms with Gasteiger partial charge in [-0.15, -0.1) is 0 Å². The maximum absolute atomic E-state index is 11.2. The number of hydrogen-bond donors (Lipinski definition) is 2. The van der Waals surface area contributed by atoms with E-state index < -0.39 is 21.9 Å². The maximum Gasteiger partial charge on any atom is 1.00 e. The molecule has 2 heterocycles. The summed E-state index contributed by atoms with van der Waals surface area (Å²) in [6.07, 6.45) is 4.32. The first-order chi connectivity index (χ1) is 7.91. The van der Waals surface area contributed by atoms with Gasteiger partial charge in [-0.25, -0.2) is 13.9 Å². The molecular weight excluding hydrogens is 269 g/mol. The minimum absolute atomic E-state index is 0. The number of hydrogen-bond acceptors (Lipinski definition) is 3. The summed E-state index contributed by atoms with van der Waals surface area (Å²) in [4.78, 5) is 11.1. The van der Waals surface area contributed by atoms with Crippen LogP contribution in [0.5, 0.6) is 0 Å². The van der Waals surface area contributed by atoms with Crippen molar-refractivity contribution in [1.29, 1.82) is 0 Å². The van der Waals surface area contributed by atoms with Crippen LogP contribution in [0.2, 0.25) is 0 Å². The van der Waals surface area contributed by atoms with Gasteiger partial charge in [-0.2, -0.15) is 8.42 Å². The fourth-order valence-corrected chi connectivity index (χ4v) is 2.18. The Hall–Kier alpha value is -1.06. The van der Waals surface area contributed by atoms with Crippen LogP contribution in [-0.2, 0) is 10.2 Å². The third-order valence-corrected chi connectivity index (χ3v) is 3.04. The van der Waals surface area contributed by atoms with E-state index in [2.05, 4.69) is 0 Å². The van der Waals surface area contributed by atoms with E-state index in [1.54, 1.807) is 24.5 Å². The van der Waals surface area contributed by atoms with Crippen LogP contribution in [0.15, 0.2) is 36.8 Å². The fraction of sp³-hybridized carbons (Fsp3) is 0. The van der Waals surface area contributed by atoms with Crippen molar-refractivity contribution >= 4 is 16.2 Å².